The number of benzene rings is 2. The SMILES string of the molecule is Cc1ccc(OCCC(=O)N2CC[NH+](CC(=O)Nc3ccc(F)cc3)CC2)cc1. The van der Waals surface area contributed by atoms with Crippen LogP contribution in [0.25, 0.3) is 0 Å². The molecule has 0 saturated carbocycles. The van der Waals surface area contributed by atoms with Crippen molar-refractivity contribution in [2.75, 3.05) is 44.6 Å². The molecule has 1 heterocycles. The third kappa shape index (κ3) is 6.57. The molecule has 0 aromatic heterocycles. The number of rotatable bonds is 7. The van der Waals surface area contributed by atoms with E-state index in [0.717, 1.165) is 23.7 Å². The number of nitrogens with zero attached hydrogens (tertiary/aromatic N) is 1. The highest BCUT2D eigenvalue weighted by atomic mass is 19.1. The summed E-state index contributed by atoms with van der Waals surface area (Å²) >= 11 is 0. The van der Waals surface area contributed by atoms with E-state index in [9.17, 15) is 14.0 Å². The fourth-order valence-electron chi connectivity index (χ4n) is 3.26. The van der Waals surface area contributed by atoms with Crippen LogP contribution in [0.15, 0.2) is 48.5 Å². The first-order valence-corrected chi connectivity index (χ1v) is 9.86. The van der Waals surface area contributed by atoms with Crippen LogP contribution in [-0.4, -0.2) is 56.0 Å². The monoisotopic (exact) mass is 400 g/mol. The van der Waals surface area contributed by atoms with Gasteiger partial charge in [0, 0.05) is 5.69 Å². The summed E-state index contributed by atoms with van der Waals surface area (Å²) in [5.41, 5.74) is 1.75. The lowest BCUT2D eigenvalue weighted by Crippen LogP contribution is -3.15. The van der Waals surface area contributed by atoms with E-state index in [2.05, 4.69) is 5.32 Å². The van der Waals surface area contributed by atoms with Gasteiger partial charge in [0.2, 0.25) is 5.91 Å². The number of aryl methyl sites for hydroxylation is 1. The van der Waals surface area contributed by atoms with Gasteiger partial charge in [0.05, 0.1) is 39.2 Å². The number of anilines is 1. The number of amides is 2. The third-order valence-corrected chi connectivity index (χ3v) is 4.97. The molecule has 1 saturated heterocycles. The number of ether oxygens (including phenoxy) is 1. The molecule has 0 bridgehead atoms. The maximum Gasteiger partial charge on any atom is 0.279 e. The van der Waals surface area contributed by atoms with Crippen molar-refractivity contribution in [3.05, 3.63) is 59.9 Å². The van der Waals surface area contributed by atoms with Crippen LogP contribution in [0.3, 0.4) is 0 Å². The molecular weight excluding hydrogens is 373 g/mol. The molecule has 154 valence electrons. The normalized spacial score (nSPS) is 14.5. The van der Waals surface area contributed by atoms with Gasteiger partial charge < -0.3 is 19.9 Å². The quantitative estimate of drug-likeness (QED) is 0.736. The summed E-state index contributed by atoms with van der Waals surface area (Å²) in [4.78, 5) is 27.5. The Kier molecular flexibility index (Phi) is 7.19. The molecule has 0 radical (unpaired) electrons. The standard InChI is InChI=1S/C22H26FN3O3/c1-17-2-8-20(9-3-17)29-15-10-22(28)26-13-11-25(12-14-26)16-21(27)24-19-6-4-18(23)5-7-19/h2-9H,10-16H2,1H3,(H,24,27)/p+1. The fourth-order valence-corrected chi connectivity index (χ4v) is 3.26. The van der Waals surface area contributed by atoms with Crippen molar-refractivity contribution in [2.24, 2.45) is 0 Å². The van der Waals surface area contributed by atoms with Gasteiger partial charge in [0.15, 0.2) is 6.54 Å². The second kappa shape index (κ2) is 10.0. The van der Waals surface area contributed by atoms with Gasteiger partial charge in [-0.25, -0.2) is 4.39 Å². The predicted octanol–water partition coefficient (Wildman–Crippen LogP) is 1.27. The number of hydrogen-bond donors (Lipinski definition) is 2. The summed E-state index contributed by atoms with van der Waals surface area (Å²) < 4.78 is 18.6. The van der Waals surface area contributed by atoms with Gasteiger partial charge >= 0.3 is 0 Å². The lowest BCUT2D eigenvalue weighted by Gasteiger charge is -2.32. The number of hydrogen-bond acceptors (Lipinski definition) is 3. The summed E-state index contributed by atoms with van der Waals surface area (Å²) in [6, 6.07) is 13.5. The second-order valence-electron chi connectivity index (χ2n) is 7.27. The minimum absolute atomic E-state index is 0.0759. The summed E-state index contributed by atoms with van der Waals surface area (Å²) in [7, 11) is 0. The van der Waals surface area contributed by atoms with Crippen LogP contribution >= 0.6 is 0 Å². The molecule has 2 N–H and O–H groups in total. The molecule has 0 unspecified atom stereocenters. The number of carbonyl (C=O) groups is 2. The van der Waals surface area contributed by atoms with E-state index in [4.69, 9.17) is 4.74 Å². The van der Waals surface area contributed by atoms with Crippen LogP contribution in [0.4, 0.5) is 10.1 Å². The van der Waals surface area contributed by atoms with Crippen molar-refractivity contribution in [3.63, 3.8) is 0 Å². The van der Waals surface area contributed by atoms with E-state index in [0.29, 0.717) is 38.3 Å². The summed E-state index contributed by atoms with van der Waals surface area (Å²) in [6.45, 7) is 5.40. The summed E-state index contributed by atoms with van der Waals surface area (Å²) in [5.74, 6) is 0.397. The molecule has 29 heavy (non-hydrogen) atoms. The average Bonchev–Trinajstić information content (AvgIpc) is 2.71. The minimum Gasteiger partial charge on any atom is -0.493 e. The number of quaternary nitrogens is 1. The van der Waals surface area contributed by atoms with Crippen LogP contribution in [0.2, 0.25) is 0 Å². The first-order chi connectivity index (χ1) is 14.0. The zero-order chi connectivity index (χ0) is 20.6. The number of nitrogens with one attached hydrogen (secondary N) is 2. The van der Waals surface area contributed by atoms with Crippen LogP contribution in [0.5, 0.6) is 5.75 Å². The van der Waals surface area contributed by atoms with Crippen molar-refractivity contribution in [1.29, 1.82) is 0 Å². The molecule has 1 aliphatic heterocycles. The summed E-state index contributed by atoms with van der Waals surface area (Å²) in [5, 5.41) is 2.77. The van der Waals surface area contributed by atoms with Crippen molar-refractivity contribution < 1.29 is 23.6 Å². The highest BCUT2D eigenvalue weighted by Crippen LogP contribution is 2.12. The van der Waals surface area contributed by atoms with E-state index < -0.39 is 0 Å². The van der Waals surface area contributed by atoms with Gasteiger partial charge in [-0.15, -0.1) is 0 Å². The van der Waals surface area contributed by atoms with Gasteiger partial charge in [0.25, 0.3) is 5.91 Å². The van der Waals surface area contributed by atoms with Crippen LogP contribution < -0.4 is 15.0 Å². The molecule has 1 aliphatic rings. The van der Waals surface area contributed by atoms with Crippen molar-refractivity contribution in [2.45, 2.75) is 13.3 Å². The lowest BCUT2D eigenvalue weighted by atomic mass is 10.2. The maximum absolute atomic E-state index is 12.9. The third-order valence-electron chi connectivity index (χ3n) is 4.97. The second-order valence-corrected chi connectivity index (χ2v) is 7.27. The maximum atomic E-state index is 12.9. The highest BCUT2D eigenvalue weighted by molar-refractivity contribution is 5.91. The Hall–Kier alpha value is -2.93. The van der Waals surface area contributed by atoms with Gasteiger partial charge in [-0.2, -0.15) is 0 Å². The molecule has 0 atom stereocenters. The van der Waals surface area contributed by atoms with Crippen molar-refractivity contribution in [3.8, 4) is 5.75 Å². The molecule has 6 nitrogen and oxygen atoms in total. The van der Waals surface area contributed by atoms with Crippen molar-refractivity contribution in [1.82, 2.24) is 4.90 Å². The fraction of sp³-hybridized carbons (Fsp3) is 0.364. The molecule has 3 rings (SSSR count). The lowest BCUT2D eigenvalue weighted by molar-refractivity contribution is -0.895. The number of carbonyl (C=O) groups excluding carboxylic acids is 2. The molecule has 0 spiro atoms. The molecular formula is C22H27FN3O3+. The van der Waals surface area contributed by atoms with Gasteiger partial charge in [-0.3, -0.25) is 9.59 Å². The Morgan fingerprint density at radius 1 is 1.07 bits per heavy atom. The van der Waals surface area contributed by atoms with Crippen LogP contribution in [-0.2, 0) is 9.59 Å². The molecule has 0 aliphatic carbocycles. The number of piperazine rings is 1. The van der Waals surface area contributed by atoms with Crippen LogP contribution in [0, 0.1) is 12.7 Å². The topological polar surface area (TPSA) is 63.1 Å². The minimum atomic E-state index is -0.335. The van der Waals surface area contributed by atoms with E-state index >= 15 is 0 Å². The number of halogens is 1. The Morgan fingerprint density at radius 2 is 1.72 bits per heavy atom. The Morgan fingerprint density at radius 3 is 2.38 bits per heavy atom. The largest absolute Gasteiger partial charge is 0.493 e. The molecule has 2 amide bonds. The zero-order valence-corrected chi connectivity index (χ0v) is 16.6. The predicted molar refractivity (Wildman–Crippen MR) is 108 cm³/mol. The van der Waals surface area contributed by atoms with Crippen molar-refractivity contribution >= 4 is 17.5 Å². The Balaban J connectivity index is 1.34. The molecule has 7 heteroatoms. The zero-order valence-electron chi connectivity index (χ0n) is 16.6. The van der Waals surface area contributed by atoms with Gasteiger partial charge in [0.1, 0.15) is 11.6 Å². The first kappa shape index (κ1) is 20.8. The average molecular weight is 400 g/mol. The van der Waals surface area contributed by atoms with E-state index in [1.54, 1.807) is 0 Å². The molecule has 2 aromatic carbocycles. The van der Waals surface area contributed by atoms with E-state index in [1.807, 2.05) is 36.1 Å². The molecule has 2 aromatic rings. The van der Waals surface area contributed by atoms with Crippen LogP contribution in [0.1, 0.15) is 12.0 Å². The van der Waals surface area contributed by atoms with E-state index in [1.165, 1.54) is 29.8 Å². The van der Waals surface area contributed by atoms with Gasteiger partial charge in [-0.1, -0.05) is 17.7 Å². The van der Waals surface area contributed by atoms with E-state index in [-0.39, 0.29) is 17.6 Å². The summed E-state index contributed by atoms with van der Waals surface area (Å²) in [6.07, 6.45) is 0.342. The Bertz CT molecular complexity index is 816. The van der Waals surface area contributed by atoms with Gasteiger partial charge in [-0.05, 0) is 43.3 Å². The first-order valence-electron chi connectivity index (χ1n) is 9.86. The smallest absolute Gasteiger partial charge is 0.279 e. The molecule has 1 fully saturated rings. The highest BCUT2D eigenvalue weighted by Gasteiger charge is 2.25. The Labute approximate surface area is 170 Å².